The number of esters is 1. The van der Waals surface area contributed by atoms with Crippen molar-refractivity contribution >= 4 is 91.5 Å². The molecule has 26 nitrogen and oxygen atoms in total. The number of aliphatic hydroxyl groups is 4. The summed E-state index contributed by atoms with van der Waals surface area (Å²) in [6, 6.07) is 0. The summed E-state index contributed by atoms with van der Waals surface area (Å²) >= 11 is 0. The summed E-state index contributed by atoms with van der Waals surface area (Å²) < 4.78 is 4.32. The standard InChI is InChI=1S/2C10H16N2O8.C6H8O6.Ca.4Na/c2*13-7(14)3-11(4-8(15)16)1-2-12(5-9(17)18)6-10(19)20;7-1-2(8)5-3(9)4(10)6(11)12-5;;;;;/h2*1-6H2,(H,13,14)(H,15,16)(H,17,18)(H,19,20);2,5,7-10H,1H2;;;;;/q;;;+2;4*+1/p-6/t;;2-,5+;;;;;/m..0...../s1. The second kappa shape index (κ2) is 39.7. The fraction of sp³-hybridized carbons (Fsp3) is 0.577. The fourth-order valence-electron chi connectivity index (χ4n) is 3.72. The number of nitrogens with zero attached hydrogens (tertiary/aromatic N) is 4. The van der Waals surface area contributed by atoms with E-state index in [2.05, 4.69) is 4.74 Å². The molecule has 0 aliphatic carbocycles. The second-order valence-corrected chi connectivity index (χ2v) is 10.2. The van der Waals surface area contributed by atoms with E-state index in [1.807, 2.05) is 0 Å². The van der Waals surface area contributed by atoms with Gasteiger partial charge in [0.1, 0.15) is 6.10 Å². The maximum atomic E-state index is 10.5. The molecule has 6 N–H and O–H groups in total. The molecule has 1 heterocycles. The first-order chi connectivity index (χ1) is 24.0. The van der Waals surface area contributed by atoms with E-state index in [0.29, 0.717) is 0 Å². The first-order valence-electron chi connectivity index (χ1n) is 14.1. The van der Waals surface area contributed by atoms with Crippen molar-refractivity contribution in [3.05, 3.63) is 11.5 Å². The molecule has 0 saturated heterocycles. The number of carbonyl (C=O) groups excluding carboxylic acids is 7. The molecule has 0 aromatic heterocycles. The normalized spacial score (nSPS) is 12.9. The molecule has 2 atom stereocenters. The Bertz CT molecular complexity index is 1120. The van der Waals surface area contributed by atoms with E-state index in [-0.39, 0.29) is 182 Å². The van der Waals surface area contributed by atoms with Crippen molar-refractivity contribution < 1.29 is 227 Å². The van der Waals surface area contributed by atoms with Crippen molar-refractivity contribution in [3.8, 4) is 0 Å². The largest absolute Gasteiger partial charge is 2.00 e. The zero-order chi connectivity index (χ0) is 40.7. The Kier molecular flexibility index (Phi) is 49.5. The van der Waals surface area contributed by atoms with Crippen LogP contribution in [0.25, 0.3) is 0 Å². The zero-order valence-electron chi connectivity index (χ0n) is 31.6. The molecule has 1 aliphatic rings. The van der Waals surface area contributed by atoms with E-state index in [1.54, 1.807) is 0 Å². The van der Waals surface area contributed by atoms with E-state index in [4.69, 9.17) is 30.6 Å². The van der Waals surface area contributed by atoms with Crippen LogP contribution in [-0.4, -0.2) is 239 Å². The van der Waals surface area contributed by atoms with Crippen LogP contribution in [0.5, 0.6) is 0 Å². The Hall–Kier alpha value is -0.410. The van der Waals surface area contributed by atoms with E-state index < -0.39 is 136 Å². The number of cyclic esters (lactones) is 1. The maximum absolute atomic E-state index is 10.5. The Labute approximate surface area is 441 Å². The van der Waals surface area contributed by atoms with Crippen LogP contribution in [0.2, 0.25) is 0 Å². The summed E-state index contributed by atoms with van der Waals surface area (Å²) in [5, 5.41) is 115. The van der Waals surface area contributed by atoms with Crippen molar-refractivity contribution in [2.75, 3.05) is 85.1 Å². The van der Waals surface area contributed by atoms with E-state index in [0.717, 1.165) is 19.6 Å². The van der Waals surface area contributed by atoms with Crippen LogP contribution in [0.3, 0.4) is 0 Å². The van der Waals surface area contributed by atoms with Gasteiger partial charge in [0.2, 0.25) is 5.76 Å². The molecule has 0 aromatic rings. The van der Waals surface area contributed by atoms with Crippen molar-refractivity contribution in [2.45, 2.75) is 12.2 Å². The molecule has 57 heavy (non-hydrogen) atoms. The summed E-state index contributed by atoms with van der Waals surface area (Å²) in [6.07, 6.45) is -2.78. The molecule has 0 spiro atoms. The van der Waals surface area contributed by atoms with Gasteiger partial charge in [0.05, 0.1) is 55.5 Å². The van der Waals surface area contributed by atoms with Gasteiger partial charge in [-0.05, 0) is 0 Å². The molecule has 1 aliphatic heterocycles. The molecule has 0 bridgehead atoms. The summed E-state index contributed by atoms with van der Waals surface area (Å²) in [7, 11) is 0. The molecule has 0 unspecified atom stereocenters. The number of ether oxygens (including phenoxy) is 1. The Morgan fingerprint density at radius 2 is 0.772 bits per heavy atom. The van der Waals surface area contributed by atoms with Crippen molar-refractivity contribution in [1.29, 1.82) is 0 Å². The first-order valence-corrected chi connectivity index (χ1v) is 14.1. The van der Waals surface area contributed by atoms with Crippen LogP contribution < -0.4 is 149 Å². The number of aliphatic carboxylic acids is 8. The second-order valence-electron chi connectivity index (χ2n) is 10.2. The van der Waals surface area contributed by atoms with Crippen LogP contribution in [0.4, 0.5) is 0 Å². The summed E-state index contributed by atoms with van der Waals surface area (Å²) in [6.45, 7) is -6.67. The minimum Gasteiger partial charge on any atom is -0.549 e. The molecule has 0 amide bonds. The zero-order valence-corrected chi connectivity index (χ0v) is 41.8. The summed E-state index contributed by atoms with van der Waals surface area (Å²) in [4.78, 5) is 97.8. The molecular formula is C26H34CaN4Na4O22. The van der Waals surface area contributed by atoms with Gasteiger partial charge in [-0.1, -0.05) is 0 Å². The van der Waals surface area contributed by atoms with Gasteiger partial charge in [-0.15, -0.1) is 0 Å². The number of carboxylic acids is 8. The third kappa shape index (κ3) is 39.5. The minimum atomic E-state index is -1.53. The smallest absolute Gasteiger partial charge is 0.549 e. The topological polar surface area (TPSA) is 436 Å². The number of rotatable bonds is 24. The van der Waals surface area contributed by atoms with Crippen LogP contribution in [0, 0.1) is 0 Å². The molecule has 31 heteroatoms. The van der Waals surface area contributed by atoms with Gasteiger partial charge in [0.25, 0.3) is 0 Å². The van der Waals surface area contributed by atoms with Crippen LogP contribution >= 0.6 is 0 Å². The van der Waals surface area contributed by atoms with Crippen LogP contribution in [0.15, 0.2) is 11.5 Å². The van der Waals surface area contributed by atoms with Crippen LogP contribution in [-0.2, 0) is 47.9 Å². The fourth-order valence-corrected chi connectivity index (χ4v) is 3.72. The molecule has 0 radical (unpaired) electrons. The van der Waals surface area contributed by atoms with Gasteiger partial charge in [0, 0.05) is 65.4 Å². The van der Waals surface area contributed by atoms with E-state index in [1.165, 1.54) is 0 Å². The van der Waals surface area contributed by atoms with Crippen molar-refractivity contribution in [1.82, 2.24) is 19.6 Å². The minimum absolute atomic E-state index is 0. The summed E-state index contributed by atoms with van der Waals surface area (Å²) in [5.74, 6) is -14.4. The quantitative estimate of drug-likeness (QED) is 0.0387. The average molecular weight is 887 g/mol. The van der Waals surface area contributed by atoms with Gasteiger partial charge >= 0.3 is 174 Å². The SMILES string of the molecule is O=C([O-])CN(CCN(CC(=O)O)CC(=O)O)CC(=O)[O-].O=C([O-])CN(CCN(CC(=O)[O-])CC(=O)[O-])CC(=O)[O-].O=C1O[C@H]([C@@H](O)CO)C(O)=C1O.[Ca+2].[Na+].[Na+].[Na+].[Na+]. The third-order valence-corrected chi connectivity index (χ3v) is 5.77. The third-order valence-electron chi connectivity index (χ3n) is 5.77. The molecular weight excluding hydrogens is 852 g/mol. The maximum Gasteiger partial charge on any atom is 2.00 e. The van der Waals surface area contributed by atoms with Gasteiger partial charge in [-0.25, -0.2) is 4.79 Å². The Morgan fingerprint density at radius 3 is 0.930 bits per heavy atom. The number of aliphatic hydroxyl groups excluding tert-OH is 4. The summed E-state index contributed by atoms with van der Waals surface area (Å²) in [5.41, 5.74) is 0. The molecule has 1 rings (SSSR count). The Morgan fingerprint density at radius 1 is 0.544 bits per heavy atom. The van der Waals surface area contributed by atoms with E-state index in [9.17, 15) is 73.8 Å². The van der Waals surface area contributed by atoms with E-state index >= 15 is 0 Å². The number of carboxylic acid groups (broad SMARTS) is 8. The van der Waals surface area contributed by atoms with Crippen molar-refractivity contribution in [3.63, 3.8) is 0 Å². The Balaban J connectivity index is -0.000000129. The molecule has 296 valence electrons. The number of hydrogen-bond acceptors (Lipinski definition) is 24. The number of hydrogen-bond donors (Lipinski definition) is 6. The van der Waals surface area contributed by atoms with Gasteiger partial charge in [-0.3, -0.25) is 29.2 Å². The van der Waals surface area contributed by atoms with Gasteiger partial charge < -0.3 is 94.8 Å². The molecule has 0 aromatic carbocycles. The monoisotopic (exact) mass is 886 g/mol. The predicted octanol–water partition coefficient (Wildman–Crippen LogP) is -25.9. The van der Waals surface area contributed by atoms with Gasteiger partial charge in [0.15, 0.2) is 11.9 Å². The van der Waals surface area contributed by atoms with Crippen molar-refractivity contribution in [2.24, 2.45) is 0 Å². The molecule has 0 saturated carbocycles. The van der Waals surface area contributed by atoms with Gasteiger partial charge in [-0.2, -0.15) is 0 Å². The predicted molar refractivity (Wildman–Crippen MR) is 152 cm³/mol. The average Bonchev–Trinajstić information content (AvgIpc) is 3.23. The first kappa shape index (κ1) is 71.1. The number of carbonyl (C=O) groups is 9. The van der Waals surface area contributed by atoms with Crippen LogP contribution in [0.1, 0.15) is 0 Å². The molecule has 0 fully saturated rings.